The van der Waals surface area contributed by atoms with E-state index in [0.717, 1.165) is 50.9 Å². The summed E-state index contributed by atoms with van der Waals surface area (Å²) < 4.78 is 0. The van der Waals surface area contributed by atoms with Crippen LogP contribution in [0.15, 0.2) is 35.3 Å². The molecule has 2 saturated heterocycles. The average molecular weight is 570 g/mol. The quantitative estimate of drug-likeness (QED) is 0.185. The monoisotopic (exact) mass is 569 g/mol. The number of carbonyl (C=O) groups excluding carboxylic acids is 1. The number of piperidine rings is 1. The molecule has 186 valence electrons. The number of aliphatic imine (C=N–C) groups is 1. The van der Waals surface area contributed by atoms with Gasteiger partial charge in [0.15, 0.2) is 5.96 Å². The summed E-state index contributed by atoms with van der Waals surface area (Å²) >= 11 is 0. The highest BCUT2D eigenvalue weighted by Crippen LogP contribution is 2.19. The van der Waals surface area contributed by atoms with E-state index in [4.69, 9.17) is 4.99 Å². The van der Waals surface area contributed by atoms with Gasteiger partial charge in [-0.15, -0.1) is 24.0 Å². The second-order valence-corrected chi connectivity index (χ2v) is 9.52. The molecule has 3 rings (SSSR count). The number of hydrogen-bond donors (Lipinski definition) is 2. The molecule has 2 fully saturated rings. The Bertz CT molecular complexity index is 706. The Hall–Kier alpha value is -1.35. The van der Waals surface area contributed by atoms with Crippen molar-refractivity contribution in [2.75, 3.05) is 52.4 Å². The summed E-state index contributed by atoms with van der Waals surface area (Å²) in [5.74, 6) is 2.37. The number of amides is 1. The topological polar surface area (TPSA) is 60.0 Å². The zero-order chi connectivity index (χ0) is 22.6. The van der Waals surface area contributed by atoms with Gasteiger partial charge in [-0.3, -0.25) is 9.79 Å². The second kappa shape index (κ2) is 15.5. The minimum Gasteiger partial charge on any atom is -0.357 e. The van der Waals surface area contributed by atoms with E-state index in [9.17, 15) is 4.79 Å². The third-order valence-corrected chi connectivity index (χ3v) is 6.73. The van der Waals surface area contributed by atoms with Gasteiger partial charge in [0.2, 0.25) is 5.91 Å². The van der Waals surface area contributed by atoms with Crippen LogP contribution in [0.25, 0.3) is 0 Å². The minimum atomic E-state index is 0. The van der Waals surface area contributed by atoms with E-state index >= 15 is 0 Å². The zero-order valence-electron chi connectivity index (χ0n) is 20.6. The van der Waals surface area contributed by atoms with Gasteiger partial charge in [0, 0.05) is 45.1 Å². The molecule has 2 aliphatic rings. The summed E-state index contributed by atoms with van der Waals surface area (Å²) in [6.45, 7) is 12.3. The highest BCUT2D eigenvalue weighted by Gasteiger charge is 2.29. The smallest absolute Gasteiger partial charge is 0.223 e. The van der Waals surface area contributed by atoms with Crippen molar-refractivity contribution in [1.29, 1.82) is 0 Å². The highest BCUT2D eigenvalue weighted by molar-refractivity contribution is 14.0. The molecule has 2 N–H and O–H groups in total. The largest absolute Gasteiger partial charge is 0.357 e. The first-order valence-electron chi connectivity index (χ1n) is 12.7. The Labute approximate surface area is 218 Å². The van der Waals surface area contributed by atoms with Gasteiger partial charge < -0.3 is 20.4 Å². The van der Waals surface area contributed by atoms with Crippen LogP contribution in [-0.4, -0.2) is 74.0 Å². The molecule has 1 unspecified atom stereocenters. The first kappa shape index (κ1) is 27.9. The molecule has 0 aromatic heterocycles. The van der Waals surface area contributed by atoms with Crippen LogP contribution in [-0.2, 0) is 11.2 Å². The van der Waals surface area contributed by atoms with Crippen molar-refractivity contribution < 1.29 is 4.79 Å². The summed E-state index contributed by atoms with van der Waals surface area (Å²) in [6.07, 6.45) is 6.63. The molecule has 1 aromatic rings. The maximum atomic E-state index is 12.4. The number of halogens is 1. The number of rotatable bonds is 11. The Balaban J connectivity index is 0.00000385. The number of nitrogens with one attached hydrogen (secondary N) is 2. The molecule has 1 amide bonds. The van der Waals surface area contributed by atoms with Crippen LogP contribution in [0, 0.1) is 11.8 Å². The number of carbonyl (C=O) groups is 1. The minimum absolute atomic E-state index is 0. The van der Waals surface area contributed by atoms with Crippen molar-refractivity contribution in [2.24, 2.45) is 16.8 Å². The van der Waals surface area contributed by atoms with E-state index in [1.54, 1.807) is 0 Å². The summed E-state index contributed by atoms with van der Waals surface area (Å²) in [5.41, 5.74) is 1.29. The fraction of sp³-hybridized carbons (Fsp3) is 0.692. The maximum absolute atomic E-state index is 12.4. The lowest BCUT2D eigenvalue weighted by molar-refractivity contribution is -0.127. The van der Waals surface area contributed by atoms with Gasteiger partial charge in [-0.25, -0.2) is 0 Å². The zero-order valence-corrected chi connectivity index (χ0v) is 22.9. The molecular formula is C26H44IN5O. The van der Waals surface area contributed by atoms with Crippen LogP contribution in [0.2, 0.25) is 0 Å². The van der Waals surface area contributed by atoms with E-state index in [1.165, 1.54) is 44.5 Å². The van der Waals surface area contributed by atoms with Gasteiger partial charge in [0.05, 0.1) is 0 Å². The van der Waals surface area contributed by atoms with Crippen molar-refractivity contribution >= 4 is 35.8 Å². The lowest BCUT2D eigenvalue weighted by Crippen LogP contribution is -2.38. The second-order valence-electron chi connectivity index (χ2n) is 9.52. The molecule has 0 bridgehead atoms. The molecule has 2 aliphatic heterocycles. The number of nitrogens with zero attached hydrogens (tertiary/aromatic N) is 3. The average Bonchev–Trinajstić information content (AvgIpc) is 3.17. The fourth-order valence-corrected chi connectivity index (χ4v) is 4.62. The van der Waals surface area contributed by atoms with Crippen molar-refractivity contribution in [2.45, 2.75) is 52.4 Å². The van der Waals surface area contributed by atoms with E-state index in [2.05, 4.69) is 53.6 Å². The van der Waals surface area contributed by atoms with Crippen LogP contribution in [0.4, 0.5) is 0 Å². The van der Waals surface area contributed by atoms with Gasteiger partial charge >= 0.3 is 0 Å². The Kier molecular flexibility index (Phi) is 13.1. The number of benzene rings is 1. The fourth-order valence-electron chi connectivity index (χ4n) is 4.62. The number of hydrogen-bond acceptors (Lipinski definition) is 3. The molecule has 0 aliphatic carbocycles. The molecule has 6 nitrogen and oxygen atoms in total. The molecule has 33 heavy (non-hydrogen) atoms. The molecule has 1 aromatic carbocycles. The number of unbranched alkanes of at least 4 members (excludes halogenated alkanes) is 1. The molecule has 2 heterocycles. The van der Waals surface area contributed by atoms with Gasteiger partial charge in [0.25, 0.3) is 0 Å². The van der Waals surface area contributed by atoms with Gasteiger partial charge in [-0.2, -0.15) is 0 Å². The normalized spacial score (nSPS) is 20.1. The molecule has 0 saturated carbocycles. The molecule has 0 spiro atoms. The first-order chi connectivity index (χ1) is 15.6. The summed E-state index contributed by atoms with van der Waals surface area (Å²) in [7, 11) is 0. The van der Waals surface area contributed by atoms with E-state index in [-0.39, 0.29) is 29.9 Å². The lowest BCUT2D eigenvalue weighted by Gasteiger charge is -2.30. The Morgan fingerprint density at radius 1 is 1.09 bits per heavy atom. The molecule has 1 atom stereocenters. The van der Waals surface area contributed by atoms with Crippen LogP contribution >= 0.6 is 24.0 Å². The third-order valence-electron chi connectivity index (χ3n) is 6.73. The van der Waals surface area contributed by atoms with Gasteiger partial charge in [-0.05, 0) is 70.1 Å². The summed E-state index contributed by atoms with van der Waals surface area (Å²) in [4.78, 5) is 21.8. The molecular weight excluding hydrogens is 525 g/mol. The third kappa shape index (κ3) is 10.2. The summed E-state index contributed by atoms with van der Waals surface area (Å²) in [6, 6.07) is 10.4. The van der Waals surface area contributed by atoms with Crippen molar-refractivity contribution in [3.05, 3.63) is 35.9 Å². The van der Waals surface area contributed by atoms with Crippen LogP contribution in [0.3, 0.4) is 0 Å². The maximum Gasteiger partial charge on any atom is 0.223 e. The lowest BCUT2D eigenvalue weighted by atomic mass is 9.99. The molecule has 7 heteroatoms. The first-order valence-corrected chi connectivity index (χ1v) is 12.7. The van der Waals surface area contributed by atoms with Crippen molar-refractivity contribution in [1.82, 2.24) is 20.4 Å². The van der Waals surface area contributed by atoms with E-state index < -0.39 is 0 Å². The van der Waals surface area contributed by atoms with Crippen LogP contribution in [0.1, 0.15) is 51.5 Å². The predicted molar refractivity (Wildman–Crippen MR) is 148 cm³/mol. The number of guanidine groups is 1. The van der Waals surface area contributed by atoms with Crippen molar-refractivity contribution in [3.8, 4) is 0 Å². The Morgan fingerprint density at radius 3 is 2.58 bits per heavy atom. The van der Waals surface area contributed by atoms with Gasteiger partial charge in [-0.1, -0.05) is 37.3 Å². The Morgan fingerprint density at radius 2 is 1.85 bits per heavy atom. The SMILES string of the molecule is CCNC(=NCC1CC(=O)N(CCc2ccccc2)C1)NCCCCN1CCC(C)CC1.I. The van der Waals surface area contributed by atoms with E-state index in [1.807, 2.05) is 11.0 Å². The highest BCUT2D eigenvalue weighted by atomic mass is 127. The predicted octanol–water partition coefficient (Wildman–Crippen LogP) is 3.76. The van der Waals surface area contributed by atoms with E-state index in [0.29, 0.717) is 18.9 Å². The number of likely N-dealkylation sites (tertiary alicyclic amines) is 2. The van der Waals surface area contributed by atoms with Crippen LogP contribution < -0.4 is 10.6 Å². The van der Waals surface area contributed by atoms with Crippen LogP contribution in [0.5, 0.6) is 0 Å². The van der Waals surface area contributed by atoms with Gasteiger partial charge in [0.1, 0.15) is 0 Å². The summed E-state index contributed by atoms with van der Waals surface area (Å²) in [5, 5.41) is 6.83. The standard InChI is InChI=1S/C26H43N5O.HI/c1-3-27-26(28-14-7-8-15-30-16-11-22(2)12-17-30)29-20-24-19-25(32)31(21-24)18-13-23-9-5-4-6-10-23;/h4-6,9-10,22,24H,3,7-8,11-21H2,1-2H3,(H2,27,28,29);1H. The van der Waals surface area contributed by atoms with Crippen molar-refractivity contribution in [3.63, 3.8) is 0 Å². The molecule has 0 radical (unpaired) electrons.